The number of nitrogens with zero attached hydrogens (tertiary/aromatic N) is 2. The molecule has 0 saturated carbocycles. The predicted octanol–water partition coefficient (Wildman–Crippen LogP) is 1.49. The zero-order valence-electron chi connectivity index (χ0n) is 14.6. The highest BCUT2D eigenvalue weighted by molar-refractivity contribution is 7.91. The Morgan fingerprint density at radius 2 is 1.88 bits per heavy atom. The molecule has 0 atom stereocenters. The van der Waals surface area contributed by atoms with Crippen LogP contribution in [0.4, 0.5) is 5.69 Å². The molecule has 1 aromatic heterocycles. The number of aromatic nitrogens is 1. The Morgan fingerprint density at radius 3 is 2.56 bits per heavy atom. The maximum atomic E-state index is 12.4. The molecule has 2 aliphatic rings. The molecule has 2 aliphatic heterocycles. The van der Waals surface area contributed by atoms with E-state index in [1.54, 1.807) is 0 Å². The van der Waals surface area contributed by atoms with E-state index < -0.39 is 9.84 Å². The maximum absolute atomic E-state index is 12.4. The number of nitrogens with one attached hydrogen (secondary N) is 1. The first-order valence-electron chi connectivity index (χ1n) is 8.80. The van der Waals surface area contributed by atoms with E-state index in [9.17, 15) is 13.2 Å². The van der Waals surface area contributed by atoms with Crippen LogP contribution in [0, 0.1) is 6.92 Å². The molecule has 1 saturated heterocycles. The van der Waals surface area contributed by atoms with Crippen molar-refractivity contribution in [3.05, 3.63) is 29.0 Å². The molecule has 1 fully saturated rings. The fraction of sp³-hybridized carbons (Fsp3) is 0.500. The van der Waals surface area contributed by atoms with E-state index in [1.165, 1.54) is 5.56 Å². The van der Waals surface area contributed by atoms with Gasteiger partial charge in [0, 0.05) is 31.6 Å². The second-order valence-corrected chi connectivity index (χ2v) is 9.19. The van der Waals surface area contributed by atoms with Crippen LogP contribution in [0.15, 0.2) is 12.1 Å². The van der Waals surface area contributed by atoms with Gasteiger partial charge in [0.05, 0.1) is 22.7 Å². The highest BCUT2D eigenvalue weighted by Gasteiger charge is 2.29. The molecule has 0 radical (unpaired) electrons. The van der Waals surface area contributed by atoms with Crippen LogP contribution in [-0.4, -0.2) is 50.0 Å². The summed E-state index contributed by atoms with van der Waals surface area (Å²) < 4.78 is 25.7. The van der Waals surface area contributed by atoms with E-state index in [0.29, 0.717) is 19.6 Å². The Kier molecular flexibility index (Phi) is 3.79. The average molecular weight is 361 g/mol. The fourth-order valence-corrected chi connectivity index (χ4v) is 5.17. The van der Waals surface area contributed by atoms with Crippen LogP contribution < -0.4 is 10.2 Å². The molecule has 6 nitrogen and oxygen atoms in total. The number of sulfone groups is 1. The summed E-state index contributed by atoms with van der Waals surface area (Å²) in [6, 6.07) is 4.34. The van der Waals surface area contributed by atoms with E-state index in [4.69, 9.17) is 0 Å². The summed E-state index contributed by atoms with van der Waals surface area (Å²) in [7, 11) is -2.93. The van der Waals surface area contributed by atoms with Gasteiger partial charge in [-0.3, -0.25) is 4.79 Å². The summed E-state index contributed by atoms with van der Waals surface area (Å²) in [6.07, 6.45) is 0.904. The lowest BCUT2D eigenvalue weighted by Crippen LogP contribution is -2.41. The summed E-state index contributed by atoms with van der Waals surface area (Å²) in [5.74, 6) is 0.362. The minimum atomic E-state index is -2.93. The smallest absolute Gasteiger partial charge is 0.268 e. The van der Waals surface area contributed by atoms with Gasteiger partial charge in [-0.05, 0) is 36.6 Å². The quantitative estimate of drug-likeness (QED) is 0.880. The molecular weight excluding hydrogens is 338 g/mol. The summed E-state index contributed by atoms with van der Waals surface area (Å²) in [5.41, 5.74) is 5.09. The molecule has 1 N–H and O–H groups in total. The maximum Gasteiger partial charge on any atom is 0.268 e. The van der Waals surface area contributed by atoms with Crippen LogP contribution in [0.5, 0.6) is 0 Å². The van der Waals surface area contributed by atoms with Gasteiger partial charge in [-0.25, -0.2) is 8.42 Å². The van der Waals surface area contributed by atoms with Crippen LogP contribution in [0.2, 0.25) is 0 Å². The molecule has 3 heterocycles. The van der Waals surface area contributed by atoms with E-state index in [1.807, 2.05) is 6.92 Å². The molecule has 4 rings (SSSR count). The average Bonchev–Trinajstić information content (AvgIpc) is 2.88. The van der Waals surface area contributed by atoms with Crippen molar-refractivity contribution in [2.45, 2.75) is 26.8 Å². The summed E-state index contributed by atoms with van der Waals surface area (Å²) in [6.45, 7) is 6.51. The van der Waals surface area contributed by atoms with Crippen molar-refractivity contribution in [2.75, 3.05) is 36.0 Å². The van der Waals surface area contributed by atoms with Gasteiger partial charge in [-0.2, -0.15) is 0 Å². The number of hydrogen-bond donors (Lipinski definition) is 1. The number of carbonyl (C=O) groups is 1. The number of benzene rings is 1. The summed E-state index contributed by atoms with van der Waals surface area (Å²) >= 11 is 0. The number of amides is 1. The van der Waals surface area contributed by atoms with Crippen molar-refractivity contribution in [2.24, 2.45) is 0 Å². The van der Waals surface area contributed by atoms with Gasteiger partial charge in [-0.1, -0.05) is 6.92 Å². The van der Waals surface area contributed by atoms with E-state index >= 15 is 0 Å². The van der Waals surface area contributed by atoms with Crippen molar-refractivity contribution in [3.8, 4) is 0 Å². The molecule has 1 aromatic carbocycles. The first-order chi connectivity index (χ1) is 11.9. The number of anilines is 1. The zero-order chi connectivity index (χ0) is 17.8. The van der Waals surface area contributed by atoms with Crippen molar-refractivity contribution in [3.63, 3.8) is 0 Å². The van der Waals surface area contributed by atoms with Crippen LogP contribution >= 0.6 is 0 Å². The SMILES string of the molecule is CCc1cc(N2CCS(=O)(=O)CC2)c2c(c1)c(C)c1n2CCNC1=O. The summed E-state index contributed by atoms with van der Waals surface area (Å²) in [4.78, 5) is 14.5. The van der Waals surface area contributed by atoms with Crippen molar-refractivity contribution in [1.82, 2.24) is 9.88 Å². The van der Waals surface area contributed by atoms with Gasteiger partial charge in [-0.15, -0.1) is 0 Å². The van der Waals surface area contributed by atoms with Crippen molar-refractivity contribution in [1.29, 1.82) is 0 Å². The van der Waals surface area contributed by atoms with E-state index in [2.05, 4.69) is 33.8 Å². The third-order valence-electron chi connectivity index (χ3n) is 5.38. The van der Waals surface area contributed by atoms with Crippen molar-refractivity contribution >= 4 is 32.3 Å². The van der Waals surface area contributed by atoms with E-state index in [-0.39, 0.29) is 17.4 Å². The highest BCUT2D eigenvalue weighted by Crippen LogP contribution is 2.36. The monoisotopic (exact) mass is 361 g/mol. The number of carbonyl (C=O) groups excluding carboxylic acids is 1. The number of aryl methyl sites for hydroxylation is 2. The standard InChI is InChI=1S/C18H23N3O3S/c1-3-13-10-14-12(2)16-18(22)19-4-5-21(16)17(14)15(11-13)20-6-8-25(23,24)9-7-20/h10-11H,3-9H2,1-2H3,(H,19,22). The highest BCUT2D eigenvalue weighted by atomic mass is 32.2. The number of rotatable bonds is 2. The lowest BCUT2D eigenvalue weighted by Gasteiger charge is -2.30. The Labute approximate surface area is 147 Å². The molecule has 7 heteroatoms. The molecule has 0 spiro atoms. The minimum Gasteiger partial charge on any atom is -0.368 e. The van der Waals surface area contributed by atoms with Gasteiger partial charge in [0.15, 0.2) is 9.84 Å². The number of fused-ring (bicyclic) bond motifs is 3. The lowest BCUT2D eigenvalue weighted by molar-refractivity contribution is 0.0928. The fourth-order valence-electron chi connectivity index (χ4n) is 3.97. The normalized spacial score (nSPS) is 19.8. The Hall–Kier alpha value is -2.02. The second-order valence-electron chi connectivity index (χ2n) is 6.88. The lowest BCUT2D eigenvalue weighted by atomic mass is 10.0. The Bertz CT molecular complexity index is 961. The van der Waals surface area contributed by atoms with Gasteiger partial charge in [0.25, 0.3) is 5.91 Å². The molecule has 0 bridgehead atoms. The molecule has 0 aliphatic carbocycles. The Morgan fingerprint density at radius 1 is 1.16 bits per heavy atom. The zero-order valence-corrected chi connectivity index (χ0v) is 15.4. The van der Waals surface area contributed by atoms with Gasteiger partial charge < -0.3 is 14.8 Å². The molecule has 2 aromatic rings. The van der Waals surface area contributed by atoms with Crippen LogP contribution in [-0.2, 0) is 22.8 Å². The third-order valence-corrected chi connectivity index (χ3v) is 6.99. The van der Waals surface area contributed by atoms with Gasteiger partial charge in [0.2, 0.25) is 0 Å². The van der Waals surface area contributed by atoms with Gasteiger partial charge >= 0.3 is 0 Å². The molecule has 134 valence electrons. The summed E-state index contributed by atoms with van der Waals surface area (Å²) in [5, 5.41) is 4.03. The predicted molar refractivity (Wildman–Crippen MR) is 99.3 cm³/mol. The Balaban J connectivity index is 1.94. The van der Waals surface area contributed by atoms with E-state index in [0.717, 1.165) is 40.8 Å². The molecule has 1 amide bonds. The first-order valence-corrected chi connectivity index (χ1v) is 10.6. The largest absolute Gasteiger partial charge is 0.368 e. The van der Waals surface area contributed by atoms with Crippen molar-refractivity contribution < 1.29 is 13.2 Å². The minimum absolute atomic E-state index is 0.0230. The first kappa shape index (κ1) is 16.4. The molecule has 0 unspecified atom stereocenters. The van der Waals surface area contributed by atoms with Crippen LogP contribution in [0.3, 0.4) is 0 Å². The second kappa shape index (κ2) is 5.76. The third kappa shape index (κ3) is 2.61. The van der Waals surface area contributed by atoms with Crippen LogP contribution in [0.1, 0.15) is 28.5 Å². The van der Waals surface area contributed by atoms with Gasteiger partial charge in [0.1, 0.15) is 5.69 Å². The topological polar surface area (TPSA) is 71.4 Å². The van der Waals surface area contributed by atoms with Crippen LogP contribution in [0.25, 0.3) is 10.9 Å². The number of hydrogen-bond acceptors (Lipinski definition) is 4. The molecule has 25 heavy (non-hydrogen) atoms. The molecular formula is C18H23N3O3S.